The number of piperidine rings is 1. The number of hydrogen-bond acceptors (Lipinski definition) is 4. The summed E-state index contributed by atoms with van der Waals surface area (Å²) < 4.78 is 11.4. The molecule has 0 unspecified atom stereocenters. The first-order valence-electron chi connectivity index (χ1n) is 12.2. The zero-order chi connectivity index (χ0) is 20.9. The predicted molar refractivity (Wildman–Crippen MR) is 125 cm³/mol. The molecule has 3 aliphatic rings. The Morgan fingerprint density at radius 3 is 2.45 bits per heavy atom. The molecule has 166 valence electrons. The molecule has 0 spiro atoms. The van der Waals surface area contributed by atoms with Gasteiger partial charge in [0.25, 0.3) is 0 Å². The van der Waals surface area contributed by atoms with Crippen molar-refractivity contribution in [2.45, 2.75) is 50.7 Å². The molecule has 0 bridgehead atoms. The van der Waals surface area contributed by atoms with E-state index >= 15 is 0 Å². The highest BCUT2D eigenvalue weighted by Crippen LogP contribution is 2.29. The Morgan fingerprint density at radius 2 is 1.77 bits per heavy atom. The van der Waals surface area contributed by atoms with Crippen molar-refractivity contribution in [2.75, 3.05) is 39.3 Å². The van der Waals surface area contributed by atoms with Crippen LogP contribution in [0.25, 0.3) is 6.08 Å². The predicted octanol–water partition coefficient (Wildman–Crippen LogP) is 4.65. The van der Waals surface area contributed by atoms with Gasteiger partial charge in [0.2, 0.25) is 0 Å². The number of furan rings is 1. The highest BCUT2D eigenvalue weighted by atomic mass is 16.5. The third-order valence-electron chi connectivity index (χ3n) is 7.39. The van der Waals surface area contributed by atoms with E-state index in [0.717, 1.165) is 37.4 Å². The number of benzene rings is 1. The van der Waals surface area contributed by atoms with E-state index in [1.807, 2.05) is 12.1 Å². The Balaban J connectivity index is 1.12. The van der Waals surface area contributed by atoms with Crippen LogP contribution in [0.2, 0.25) is 0 Å². The molecule has 31 heavy (non-hydrogen) atoms. The molecule has 2 aromatic rings. The van der Waals surface area contributed by atoms with Gasteiger partial charge in [0.15, 0.2) is 0 Å². The number of rotatable bonds is 8. The van der Waals surface area contributed by atoms with Gasteiger partial charge in [-0.3, -0.25) is 9.80 Å². The number of likely N-dealkylation sites (tertiary alicyclic amines) is 1. The summed E-state index contributed by atoms with van der Waals surface area (Å²) in [6, 6.07) is 13.7. The monoisotopic (exact) mass is 420 g/mol. The van der Waals surface area contributed by atoms with Gasteiger partial charge in [-0.05, 0) is 86.9 Å². The van der Waals surface area contributed by atoms with Crippen molar-refractivity contribution in [2.24, 2.45) is 5.92 Å². The van der Waals surface area contributed by atoms with E-state index in [0.29, 0.717) is 6.10 Å². The minimum absolute atomic E-state index is 0.411. The van der Waals surface area contributed by atoms with Gasteiger partial charge in [-0.15, -0.1) is 0 Å². The quantitative estimate of drug-likeness (QED) is 0.621. The Bertz CT molecular complexity index is 808. The third kappa shape index (κ3) is 5.49. The first kappa shape index (κ1) is 21.0. The zero-order valence-electron chi connectivity index (χ0n) is 18.6. The fourth-order valence-corrected chi connectivity index (χ4v) is 5.66. The van der Waals surface area contributed by atoms with Crippen LogP contribution in [0.4, 0.5) is 0 Å². The first-order chi connectivity index (χ1) is 15.3. The average molecular weight is 421 g/mol. The van der Waals surface area contributed by atoms with Crippen molar-refractivity contribution in [3.05, 3.63) is 65.6 Å². The van der Waals surface area contributed by atoms with Crippen LogP contribution < -0.4 is 0 Å². The zero-order valence-corrected chi connectivity index (χ0v) is 18.6. The summed E-state index contributed by atoms with van der Waals surface area (Å²) in [5.74, 6) is 1.72. The fraction of sp³-hybridized carbons (Fsp3) is 0.556. The molecule has 2 saturated heterocycles. The average Bonchev–Trinajstić information content (AvgIpc) is 3.56. The molecule has 0 saturated carbocycles. The highest BCUT2D eigenvalue weighted by molar-refractivity contribution is 5.42. The van der Waals surface area contributed by atoms with Gasteiger partial charge < -0.3 is 9.15 Å². The molecule has 2 fully saturated rings. The maximum absolute atomic E-state index is 5.95. The molecule has 1 aromatic carbocycles. The van der Waals surface area contributed by atoms with Crippen LogP contribution in [-0.2, 0) is 17.6 Å². The van der Waals surface area contributed by atoms with Gasteiger partial charge in [0.05, 0.1) is 12.4 Å². The third-order valence-corrected chi connectivity index (χ3v) is 7.39. The van der Waals surface area contributed by atoms with Crippen molar-refractivity contribution < 1.29 is 9.15 Å². The summed E-state index contributed by atoms with van der Waals surface area (Å²) in [6.07, 6.45) is 14.0. The van der Waals surface area contributed by atoms with Crippen LogP contribution in [0, 0.1) is 5.92 Å². The number of ether oxygens (including phenoxy) is 1. The topological polar surface area (TPSA) is 28.9 Å². The van der Waals surface area contributed by atoms with Crippen molar-refractivity contribution in [1.29, 1.82) is 0 Å². The molecule has 1 aliphatic carbocycles. The lowest BCUT2D eigenvalue weighted by Gasteiger charge is -2.38. The molecule has 4 heteroatoms. The SMILES string of the molecule is C(=C\c1ccco1)/CN(CC1CCN(C2Cc3ccccc3C2)CC1)C[C@@H]1CCCO1. The molecule has 0 amide bonds. The van der Waals surface area contributed by atoms with E-state index in [2.05, 4.69) is 46.2 Å². The second kappa shape index (κ2) is 10.2. The Morgan fingerprint density at radius 1 is 0.968 bits per heavy atom. The van der Waals surface area contributed by atoms with Crippen molar-refractivity contribution >= 4 is 6.08 Å². The lowest BCUT2D eigenvalue weighted by molar-refractivity contribution is 0.0616. The van der Waals surface area contributed by atoms with Crippen LogP contribution in [0.1, 0.15) is 42.6 Å². The minimum atomic E-state index is 0.411. The standard InChI is InChI=1S/C27H36N2O2/c1-2-7-24-19-25(18-23(24)6-1)29-14-11-22(12-15-29)20-28(21-27-10-5-17-31-27)13-3-8-26-9-4-16-30-26/h1-4,6-9,16,22,25,27H,5,10-15,17-21H2/b8-3+/t27-/m0/s1. The molecular weight excluding hydrogens is 384 g/mol. The molecular formula is C27H36N2O2. The summed E-state index contributed by atoms with van der Waals surface area (Å²) in [4.78, 5) is 5.37. The van der Waals surface area contributed by atoms with Crippen LogP contribution >= 0.6 is 0 Å². The second-order valence-corrected chi connectivity index (χ2v) is 9.58. The van der Waals surface area contributed by atoms with Crippen LogP contribution in [0.3, 0.4) is 0 Å². The lowest BCUT2D eigenvalue weighted by Crippen LogP contribution is -2.45. The van der Waals surface area contributed by atoms with Crippen molar-refractivity contribution in [1.82, 2.24) is 9.80 Å². The van der Waals surface area contributed by atoms with E-state index in [-0.39, 0.29) is 0 Å². The summed E-state index contributed by atoms with van der Waals surface area (Å²) in [5, 5.41) is 0. The van der Waals surface area contributed by atoms with Gasteiger partial charge in [0, 0.05) is 32.3 Å². The summed E-state index contributed by atoms with van der Waals surface area (Å²) >= 11 is 0. The Hall–Kier alpha value is -1.88. The van der Waals surface area contributed by atoms with E-state index in [1.54, 1.807) is 17.4 Å². The molecule has 1 aromatic heterocycles. The molecule has 3 heterocycles. The normalized spacial score (nSPS) is 23.3. The molecule has 5 rings (SSSR count). The van der Waals surface area contributed by atoms with Gasteiger partial charge in [-0.2, -0.15) is 0 Å². The Labute approximate surface area is 186 Å². The molecule has 0 radical (unpaired) electrons. The van der Waals surface area contributed by atoms with Crippen molar-refractivity contribution in [3.8, 4) is 0 Å². The van der Waals surface area contributed by atoms with E-state index in [9.17, 15) is 0 Å². The van der Waals surface area contributed by atoms with Crippen molar-refractivity contribution in [3.63, 3.8) is 0 Å². The highest BCUT2D eigenvalue weighted by Gasteiger charge is 2.30. The van der Waals surface area contributed by atoms with Gasteiger partial charge in [0.1, 0.15) is 5.76 Å². The van der Waals surface area contributed by atoms with Crippen LogP contribution in [-0.4, -0.2) is 61.3 Å². The molecule has 4 nitrogen and oxygen atoms in total. The molecule has 2 aliphatic heterocycles. The second-order valence-electron chi connectivity index (χ2n) is 9.58. The summed E-state index contributed by atoms with van der Waals surface area (Å²) in [5.41, 5.74) is 3.14. The number of fused-ring (bicyclic) bond motifs is 1. The van der Waals surface area contributed by atoms with Gasteiger partial charge >= 0.3 is 0 Å². The van der Waals surface area contributed by atoms with Gasteiger partial charge in [-0.25, -0.2) is 0 Å². The van der Waals surface area contributed by atoms with Crippen LogP contribution in [0.5, 0.6) is 0 Å². The first-order valence-corrected chi connectivity index (χ1v) is 12.2. The maximum Gasteiger partial charge on any atom is 0.126 e. The van der Waals surface area contributed by atoms with E-state index in [1.165, 1.54) is 58.2 Å². The van der Waals surface area contributed by atoms with E-state index in [4.69, 9.17) is 9.15 Å². The number of hydrogen-bond donors (Lipinski definition) is 0. The lowest BCUT2D eigenvalue weighted by atomic mass is 9.94. The fourth-order valence-electron chi connectivity index (χ4n) is 5.66. The minimum Gasteiger partial charge on any atom is -0.465 e. The van der Waals surface area contributed by atoms with Crippen LogP contribution in [0.15, 0.2) is 53.2 Å². The smallest absolute Gasteiger partial charge is 0.126 e. The van der Waals surface area contributed by atoms with Gasteiger partial charge in [-0.1, -0.05) is 30.3 Å². The summed E-state index contributed by atoms with van der Waals surface area (Å²) in [7, 11) is 0. The molecule has 1 atom stereocenters. The largest absolute Gasteiger partial charge is 0.465 e. The number of nitrogens with zero attached hydrogens (tertiary/aromatic N) is 2. The molecule has 0 N–H and O–H groups in total. The maximum atomic E-state index is 5.95. The summed E-state index contributed by atoms with van der Waals surface area (Å²) in [6.45, 7) is 6.64. The van der Waals surface area contributed by atoms with E-state index < -0.39 is 0 Å². The Kier molecular flexibility index (Phi) is 6.88.